The number of thioether (sulfide) groups is 1. The SMILES string of the molecule is COc1ccc(SCC(=O)NCc2ccccc2)cc1. The molecule has 0 aliphatic heterocycles. The van der Waals surface area contributed by atoms with Crippen LogP contribution in [0.1, 0.15) is 5.56 Å². The summed E-state index contributed by atoms with van der Waals surface area (Å²) in [6, 6.07) is 17.6. The zero-order valence-electron chi connectivity index (χ0n) is 11.3. The molecule has 0 spiro atoms. The van der Waals surface area contributed by atoms with Crippen LogP contribution in [0.2, 0.25) is 0 Å². The van der Waals surface area contributed by atoms with Crippen LogP contribution in [-0.2, 0) is 11.3 Å². The first-order valence-electron chi connectivity index (χ1n) is 6.35. The number of hydrogen-bond donors (Lipinski definition) is 1. The fourth-order valence-corrected chi connectivity index (χ4v) is 2.40. The molecule has 2 aromatic carbocycles. The Morgan fingerprint density at radius 1 is 1.10 bits per heavy atom. The van der Waals surface area contributed by atoms with E-state index in [-0.39, 0.29) is 5.91 Å². The first-order chi connectivity index (χ1) is 9.78. The quantitative estimate of drug-likeness (QED) is 0.830. The monoisotopic (exact) mass is 287 g/mol. The number of amides is 1. The summed E-state index contributed by atoms with van der Waals surface area (Å²) in [6.07, 6.45) is 0. The summed E-state index contributed by atoms with van der Waals surface area (Å²) in [7, 11) is 1.64. The summed E-state index contributed by atoms with van der Waals surface area (Å²) >= 11 is 1.52. The fourth-order valence-electron chi connectivity index (χ4n) is 1.67. The molecule has 0 saturated heterocycles. The summed E-state index contributed by atoms with van der Waals surface area (Å²) in [5, 5.41) is 2.91. The Hall–Kier alpha value is -1.94. The van der Waals surface area contributed by atoms with E-state index in [1.807, 2.05) is 54.6 Å². The van der Waals surface area contributed by atoms with E-state index >= 15 is 0 Å². The largest absolute Gasteiger partial charge is 0.497 e. The van der Waals surface area contributed by atoms with E-state index in [1.54, 1.807) is 7.11 Å². The molecule has 0 bridgehead atoms. The number of carbonyl (C=O) groups is 1. The molecule has 0 fully saturated rings. The zero-order valence-corrected chi connectivity index (χ0v) is 12.2. The highest BCUT2D eigenvalue weighted by molar-refractivity contribution is 8.00. The second-order valence-corrected chi connectivity index (χ2v) is 5.28. The van der Waals surface area contributed by atoms with Crippen molar-refractivity contribution in [2.24, 2.45) is 0 Å². The smallest absolute Gasteiger partial charge is 0.230 e. The first-order valence-corrected chi connectivity index (χ1v) is 7.34. The molecule has 0 heterocycles. The second-order valence-electron chi connectivity index (χ2n) is 4.23. The first kappa shape index (κ1) is 14.5. The van der Waals surface area contributed by atoms with Gasteiger partial charge in [0.15, 0.2) is 0 Å². The Balaban J connectivity index is 1.74. The molecule has 0 aliphatic carbocycles. The van der Waals surface area contributed by atoms with Crippen molar-refractivity contribution in [1.29, 1.82) is 0 Å². The van der Waals surface area contributed by atoms with Crippen molar-refractivity contribution in [2.75, 3.05) is 12.9 Å². The van der Waals surface area contributed by atoms with E-state index in [2.05, 4.69) is 5.32 Å². The van der Waals surface area contributed by atoms with Gasteiger partial charge in [-0.1, -0.05) is 30.3 Å². The van der Waals surface area contributed by atoms with Crippen LogP contribution >= 0.6 is 11.8 Å². The van der Waals surface area contributed by atoms with E-state index in [0.29, 0.717) is 12.3 Å². The van der Waals surface area contributed by atoms with Crippen LogP contribution in [0.5, 0.6) is 5.75 Å². The average molecular weight is 287 g/mol. The van der Waals surface area contributed by atoms with Crippen molar-refractivity contribution in [3.63, 3.8) is 0 Å². The molecule has 0 unspecified atom stereocenters. The molecule has 1 N–H and O–H groups in total. The topological polar surface area (TPSA) is 38.3 Å². The Labute approximate surface area is 123 Å². The van der Waals surface area contributed by atoms with Gasteiger partial charge in [0.25, 0.3) is 0 Å². The minimum atomic E-state index is 0.0367. The van der Waals surface area contributed by atoms with Crippen LogP contribution in [0.25, 0.3) is 0 Å². The van der Waals surface area contributed by atoms with Crippen LogP contribution in [0.15, 0.2) is 59.5 Å². The highest BCUT2D eigenvalue weighted by atomic mass is 32.2. The number of carbonyl (C=O) groups excluding carboxylic acids is 1. The highest BCUT2D eigenvalue weighted by Crippen LogP contribution is 2.20. The molecule has 0 atom stereocenters. The third kappa shape index (κ3) is 4.63. The summed E-state index contributed by atoms with van der Waals surface area (Å²) in [4.78, 5) is 12.8. The summed E-state index contributed by atoms with van der Waals surface area (Å²) in [5.41, 5.74) is 1.11. The van der Waals surface area contributed by atoms with E-state index in [9.17, 15) is 4.79 Å². The number of rotatable bonds is 6. The van der Waals surface area contributed by atoms with Crippen molar-refractivity contribution < 1.29 is 9.53 Å². The van der Waals surface area contributed by atoms with Crippen molar-refractivity contribution in [2.45, 2.75) is 11.4 Å². The van der Waals surface area contributed by atoms with E-state index in [4.69, 9.17) is 4.74 Å². The van der Waals surface area contributed by atoms with Gasteiger partial charge >= 0.3 is 0 Å². The summed E-state index contributed by atoms with van der Waals surface area (Å²) in [5.74, 6) is 1.27. The lowest BCUT2D eigenvalue weighted by Crippen LogP contribution is -2.24. The lowest BCUT2D eigenvalue weighted by atomic mass is 10.2. The predicted octanol–water partition coefficient (Wildman–Crippen LogP) is 3.10. The molecule has 0 aromatic heterocycles. The molecule has 1 amide bonds. The lowest BCUT2D eigenvalue weighted by molar-refractivity contribution is -0.118. The molecule has 0 saturated carbocycles. The minimum absolute atomic E-state index is 0.0367. The average Bonchev–Trinajstić information content (AvgIpc) is 2.52. The highest BCUT2D eigenvalue weighted by Gasteiger charge is 2.03. The molecule has 2 aromatic rings. The molecule has 0 radical (unpaired) electrons. The van der Waals surface area contributed by atoms with Crippen molar-refractivity contribution in [3.8, 4) is 5.75 Å². The zero-order chi connectivity index (χ0) is 14.2. The Bertz CT molecular complexity index is 540. The molecular weight excluding hydrogens is 270 g/mol. The Morgan fingerprint density at radius 2 is 1.80 bits per heavy atom. The van der Waals surface area contributed by atoms with Crippen LogP contribution in [0.4, 0.5) is 0 Å². The van der Waals surface area contributed by atoms with Crippen LogP contribution in [0, 0.1) is 0 Å². The fraction of sp³-hybridized carbons (Fsp3) is 0.188. The van der Waals surface area contributed by atoms with Crippen LogP contribution < -0.4 is 10.1 Å². The predicted molar refractivity (Wildman–Crippen MR) is 82.0 cm³/mol. The number of nitrogens with one attached hydrogen (secondary N) is 1. The van der Waals surface area contributed by atoms with Gasteiger partial charge in [-0.15, -0.1) is 11.8 Å². The summed E-state index contributed by atoms with van der Waals surface area (Å²) in [6.45, 7) is 0.572. The summed E-state index contributed by atoms with van der Waals surface area (Å²) < 4.78 is 5.09. The molecule has 2 rings (SSSR count). The van der Waals surface area contributed by atoms with Gasteiger partial charge in [0, 0.05) is 11.4 Å². The van der Waals surface area contributed by atoms with Crippen molar-refractivity contribution in [1.82, 2.24) is 5.32 Å². The van der Waals surface area contributed by atoms with Crippen molar-refractivity contribution >= 4 is 17.7 Å². The number of ether oxygens (including phenoxy) is 1. The van der Waals surface area contributed by atoms with Gasteiger partial charge in [0.1, 0.15) is 5.75 Å². The molecular formula is C16H17NO2S. The maximum Gasteiger partial charge on any atom is 0.230 e. The maximum atomic E-state index is 11.8. The second kappa shape index (κ2) is 7.60. The minimum Gasteiger partial charge on any atom is -0.497 e. The maximum absolute atomic E-state index is 11.8. The van der Waals surface area contributed by atoms with E-state index < -0.39 is 0 Å². The van der Waals surface area contributed by atoms with Gasteiger partial charge in [-0.2, -0.15) is 0 Å². The molecule has 0 aliphatic rings. The number of benzene rings is 2. The Kier molecular flexibility index (Phi) is 5.50. The Morgan fingerprint density at radius 3 is 2.45 bits per heavy atom. The van der Waals surface area contributed by atoms with Gasteiger partial charge < -0.3 is 10.1 Å². The van der Waals surface area contributed by atoms with Crippen molar-refractivity contribution in [3.05, 3.63) is 60.2 Å². The van der Waals surface area contributed by atoms with E-state index in [0.717, 1.165) is 16.2 Å². The molecule has 104 valence electrons. The third-order valence-electron chi connectivity index (χ3n) is 2.76. The van der Waals surface area contributed by atoms with Gasteiger partial charge in [0.2, 0.25) is 5.91 Å². The molecule has 4 heteroatoms. The standard InChI is InChI=1S/C16H17NO2S/c1-19-14-7-9-15(10-8-14)20-12-16(18)17-11-13-5-3-2-4-6-13/h2-10H,11-12H2,1H3,(H,17,18). The van der Waals surface area contributed by atoms with Gasteiger partial charge in [-0.3, -0.25) is 4.79 Å². The number of methoxy groups -OCH3 is 1. The van der Waals surface area contributed by atoms with Crippen LogP contribution in [0.3, 0.4) is 0 Å². The van der Waals surface area contributed by atoms with E-state index in [1.165, 1.54) is 11.8 Å². The van der Waals surface area contributed by atoms with Gasteiger partial charge in [0.05, 0.1) is 12.9 Å². The van der Waals surface area contributed by atoms with Gasteiger partial charge in [-0.25, -0.2) is 0 Å². The third-order valence-corrected chi connectivity index (χ3v) is 3.77. The van der Waals surface area contributed by atoms with Crippen LogP contribution in [-0.4, -0.2) is 18.8 Å². The lowest BCUT2D eigenvalue weighted by Gasteiger charge is -2.06. The number of hydrogen-bond acceptors (Lipinski definition) is 3. The molecule has 20 heavy (non-hydrogen) atoms. The van der Waals surface area contributed by atoms with Gasteiger partial charge in [-0.05, 0) is 29.8 Å². The molecule has 3 nitrogen and oxygen atoms in total. The normalized spacial score (nSPS) is 10.1.